The lowest BCUT2D eigenvalue weighted by Crippen LogP contribution is -2.33. The van der Waals surface area contributed by atoms with Gasteiger partial charge in [-0.25, -0.2) is 0 Å². The Morgan fingerprint density at radius 1 is 1.44 bits per heavy atom. The van der Waals surface area contributed by atoms with Crippen molar-refractivity contribution >= 4 is 5.91 Å². The number of ether oxygens (including phenoxy) is 1. The van der Waals surface area contributed by atoms with Crippen LogP contribution in [0.3, 0.4) is 0 Å². The maximum Gasteiger partial charge on any atom is 0.220 e. The summed E-state index contributed by atoms with van der Waals surface area (Å²) in [6, 6.07) is 0.317. The molecule has 3 atom stereocenters. The largest absolute Gasteiger partial charge is 0.381 e. The van der Waals surface area contributed by atoms with E-state index in [-0.39, 0.29) is 5.91 Å². The van der Waals surface area contributed by atoms with Crippen molar-refractivity contribution in [2.45, 2.75) is 64.0 Å². The average molecular weight is 256 g/mol. The maximum atomic E-state index is 11.8. The first kappa shape index (κ1) is 15.4. The lowest BCUT2D eigenvalue weighted by atomic mass is 9.96. The smallest absolute Gasteiger partial charge is 0.220 e. The molecule has 0 radical (unpaired) electrons. The Kier molecular flexibility index (Phi) is 7.28. The number of carbonyl (C=O) groups excluding carboxylic acids is 1. The van der Waals surface area contributed by atoms with Crippen LogP contribution in [-0.2, 0) is 9.53 Å². The third-order valence-corrected chi connectivity index (χ3v) is 4.01. The van der Waals surface area contributed by atoms with Crippen LogP contribution in [0, 0.1) is 5.92 Å². The van der Waals surface area contributed by atoms with Gasteiger partial charge in [0.25, 0.3) is 0 Å². The predicted octanol–water partition coefficient (Wildman–Crippen LogP) is 1.83. The number of nitrogens with two attached hydrogens (primary N) is 1. The summed E-state index contributed by atoms with van der Waals surface area (Å²) in [6.45, 7) is 2.89. The highest BCUT2D eigenvalue weighted by Gasteiger charge is 2.25. The molecule has 3 N–H and O–H groups in total. The van der Waals surface area contributed by atoms with E-state index in [1.165, 1.54) is 0 Å². The minimum atomic E-state index is 0.187. The number of amides is 1. The molecule has 0 heterocycles. The summed E-state index contributed by atoms with van der Waals surface area (Å²) in [5.74, 6) is 0.781. The first-order valence-corrected chi connectivity index (χ1v) is 7.21. The molecule has 1 saturated carbocycles. The SMILES string of the molecule is CCC(CCN)CCC(=O)NC1CCC(OC)C1. The minimum absolute atomic E-state index is 0.187. The Morgan fingerprint density at radius 2 is 2.22 bits per heavy atom. The van der Waals surface area contributed by atoms with E-state index in [1.807, 2.05) is 0 Å². The minimum Gasteiger partial charge on any atom is -0.381 e. The highest BCUT2D eigenvalue weighted by Crippen LogP contribution is 2.22. The first-order valence-electron chi connectivity index (χ1n) is 7.21. The fraction of sp³-hybridized carbons (Fsp3) is 0.929. The quantitative estimate of drug-likeness (QED) is 0.696. The third-order valence-electron chi connectivity index (χ3n) is 4.01. The summed E-state index contributed by atoms with van der Waals surface area (Å²) in [5, 5.41) is 3.11. The van der Waals surface area contributed by atoms with Gasteiger partial charge in [-0.2, -0.15) is 0 Å². The molecule has 1 fully saturated rings. The zero-order valence-corrected chi connectivity index (χ0v) is 11.8. The van der Waals surface area contributed by atoms with E-state index >= 15 is 0 Å². The van der Waals surface area contributed by atoms with Gasteiger partial charge in [-0.3, -0.25) is 4.79 Å². The van der Waals surface area contributed by atoms with Gasteiger partial charge >= 0.3 is 0 Å². The van der Waals surface area contributed by atoms with Crippen molar-refractivity contribution in [3.05, 3.63) is 0 Å². The highest BCUT2D eigenvalue weighted by atomic mass is 16.5. The number of nitrogens with one attached hydrogen (secondary N) is 1. The van der Waals surface area contributed by atoms with Crippen molar-refractivity contribution in [1.82, 2.24) is 5.32 Å². The van der Waals surface area contributed by atoms with Crippen molar-refractivity contribution < 1.29 is 9.53 Å². The Hall–Kier alpha value is -0.610. The molecule has 0 saturated heterocycles. The van der Waals surface area contributed by atoms with Crippen LogP contribution >= 0.6 is 0 Å². The molecule has 1 amide bonds. The van der Waals surface area contributed by atoms with Gasteiger partial charge in [-0.1, -0.05) is 13.3 Å². The standard InChI is InChI=1S/C14H28N2O2/c1-3-11(8-9-15)4-7-14(17)16-12-5-6-13(10-12)18-2/h11-13H,3-10,15H2,1-2H3,(H,16,17). The molecule has 106 valence electrons. The van der Waals surface area contributed by atoms with Crippen LogP contribution in [-0.4, -0.2) is 31.7 Å². The maximum absolute atomic E-state index is 11.8. The molecule has 0 aliphatic heterocycles. The van der Waals surface area contributed by atoms with E-state index in [0.29, 0.717) is 24.5 Å². The van der Waals surface area contributed by atoms with Gasteiger partial charge in [0.1, 0.15) is 0 Å². The molecule has 1 rings (SSSR count). The van der Waals surface area contributed by atoms with Gasteiger partial charge in [0.2, 0.25) is 5.91 Å². The van der Waals surface area contributed by atoms with Crippen molar-refractivity contribution in [1.29, 1.82) is 0 Å². The second-order valence-corrected chi connectivity index (χ2v) is 5.33. The molecule has 1 aliphatic carbocycles. The molecular weight excluding hydrogens is 228 g/mol. The van der Waals surface area contributed by atoms with Gasteiger partial charge in [0, 0.05) is 19.6 Å². The number of hydrogen-bond acceptors (Lipinski definition) is 3. The van der Waals surface area contributed by atoms with Crippen molar-refractivity contribution in [3.63, 3.8) is 0 Å². The topological polar surface area (TPSA) is 64.4 Å². The zero-order valence-electron chi connectivity index (χ0n) is 11.8. The van der Waals surface area contributed by atoms with E-state index < -0.39 is 0 Å². The van der Waals surface area contributed by atoms with Crippen LogP contribution in [0.15, 0.2) is 0 Å². The Balaban J connectivity index is 2.17. The normalized spacial score (nSPS) is 25.1. The van der Waals surface area contributed by atoms with Gasteiger partial charge in [-0.15, -0.1) is 0 Å². The summed E-state index contributed by atoms with van der Waals surface area (Å²) >= 11 is 0. The molecule has 0 spiro atoms. The second kappa shape index (κ2) is 8.48. The van der Waals surface area contributed by atoms with Gasteiger partial charge in [-0.05, 0) is 44.6 Å². The van der Waals surface area contributed by atoms with E-state index in [2.05, 4.69) is 12.2 Å². The van der Waals surface area contributed by atoms with Crippen molar-refractivity contribution in [2.24, 2.45) is 11.7 Å². The summed E-state index contributed by atoms with van der Waals surface area (Å²) < 4.78 is 5.31. The lowest BCUT2D eigenvalue weighted by molar-refractivity contribution is -0.122. The molecule has 4 nitrogen and oxygen atoms in total. The van der Waals surface area contributed by atoms with Gasteiger partial charge < -0.3 is 15.8 Å². The molecule has 0 bridgehead atoms. The van der Waals surface area contributed by atoms with Crippen LogP contribution in [0.25, 0.3) is 0 Å². The third kappa shape index (κ3) is 5.36. The molecule has 0 aromatic carbocycles. The summed E-state index contributed by atoms with van der Waals surface area (Å²) in [6.07, 6.45) is 7.13. The van der Waals surface area contributed by atoms with Crippen molar-refractivity contribution in [3.8, 4) is 0 Å². The van der Waals surface area contributed by atoms with E-state index in [0.717, 1.165) is 45.1 Å². The number of methoxy groups -OCH3 is 1. The molecular formula is C14H28N2O2. The van der Waals surface area contributed by atoms with Crippen LogP contribution in [0.4, 0.5) is 0 Å². The van der Waals surface area contributed by atoms with Crippen LogP contribution < -0.4 is 11.1 Å². The lowest BCUT2D eigenvalue weighted by Gasteiger charge is -2.16. The van der Waals surface area contributed by atoms with E-state index in [1.54, 1.807) is 7.11 Å². The first-order chi connectivity index (χ1) is 8.69. The van der Waals surface area contributed by atoms with E-state index in [4.69, 9.17) is 10.5 Å². The molecule has 4 heteroatoms. The van der Waals surface area contributed by atoms with E-state index in [9.17, 15) is 4.79 Å². The van der Waals surface area contributed by atoms with Crippen LogP contribution in [0.5, 0.6) is 0 Å². The molecule has 1 aliphatic rings. The Bertz CT molecular complexity index is 246. The fourth-order valence-corrected chi connectivity index (χ4v) is 2.71. The van der Waals surface area contributed by atoms with Crippen LogP contribution in [0.2, 0.25) is 0 Å². The summed E-state index contributed by atoms with van der Waals surface area (Å²) in [7, 11) is 1.74. The number of hydrogen-bond donors (Lipinski definition) is 2. The zero-order chi connectivity index (χ0) is 13.4. The molecule has 0 aromatic heterocycles. The predicted molar refractivity (Wildman–Crippen MR) is 73.3 cm³/mol. The number of rotatable bonds is 8. The highest BCUT2D eigenvalue weighted by molar-refractivity contribution is 5.76. The average Bonchev–Trinajstić information content (AvgIpc) is 2.82. The van der Waals surface area contributed by atoms with Crippen LogP contribution in [0.1, 0.15) is 51.9 Å². The number of carbonyl (C=O) groups is 1. The summed E-state index contributed by atoms with van der Waals surface area (Å²) in [4.78, 5) is 11.8. The monoisotopic (exact) mass is 256 g/mol. The Morgan fingerprint density at radius 3 is 2.78 bits per heavy atom. The Labute approximate surface area is 111 Å². The molecule has 3 unspecified atom stereocenters. The molecule has 0 aromatic rings. The van der Waals surface area contributed by atoms with Gasteiger partial charge in [0.05, 0.1) is 6.10 Å². The fourth-order valence-electron chi connectivity index (χ4n) is 2.71. The van der Waals surface area contributed by atoms with Crippen molar-refractivity contribution in [2.75, 3.05) is 13.7 Å². The second-order valence-electron chi connectivity index (χ2n) is 5.33. The van der Waals surface area contributed by atoms with Gasteiger partial charge in [0.15, 0.2) is 0 Å². The molecule has 18 heavy (non-hydrogen) atoms. The summed E-state index contributed by atoms with van der Waals surface area (Å²) in [5.41, 5.74) is 5.56.